The normalized spacial score (nSPS) is 20.6. The van der Waals surface area contributed by atoms with Gasteiger partial charge < -0.3 is 10.6 Å². The minimum absolute atomic E-state index is 0. The highest BCUT2D eigenvalue weighted by molar-refractivity contribution is 5.85. The summed E-state index contributed by atoms with van der Waals surface area (Å²) < 4.78 is 0. The predicted octanol–water partition coefficient (Wildman–Crippen LogP) is 3.14. The number of hydrogen-bond acceptors (Lipinski definition) is 2. The van der Waals surface area contributed by atoms with Gasteiger partial charge in [0, 0.05) is 25.6 Å². The molecular weight excluding hydrogens is 284 g/mol. The first kappa shape index (κ1) is 17.7. The zero-order valence-corrected chi connectivity index (χ0v) is 13.2. The molecule has 0 aromatic heterocycles. The molecule has 0 bridgehead atoms. The highest BCUT2D eigenvalue weighted by Gasteiger charge is 2.27. The van der Waals surface area contributed by atoms with Crippen molar-refractivity contribution in [3.8, 4) is 0 Å². The molecule has 0 aliphatic heterocycles. The summed E-state index contributed by atoms with van der Waals surface area (Å²) in [6, 6.07) is 10.3. The maximum Gasteiger partial charge on any atom is 0.223 e. The van der Waals surface area contributed by atoms with Crippen LogP contribution < -0.4 is 5.73 Å². The van der Waals surface area contributed by atoms with Crippen LogP contribution in [0.5, 0.6) is 0 Å². The third-order valence-electron chi connectivity index (χ3n) is 4.07. The fourth-order valence-electron chi connectivity index (χ4n) is 2.89. The maximum absolute atomic E-state index is 12.5. The lowest BCUT2D eigenvalue weighted by Gasteiger charge is -2.24. The summed E-state index contributed by atoms with van der Waals surface area (Å²) in [6.45, 7) is 4.99. The van der Waals surface area contributed by atoms with Gasteiger partial charge >= 0.3 is 0 Å². The summed E-state index contributed by atoms with van der Waals surface area (Å²) in [7, 11) is 0. The second-order valence-electron chi connectivity index (χ2n) is 5.61. The average Bonchev–Trinajstić information content (AvgIpc) is 2.85. The number of benzene rings is 1. The van der Waals surface area contributed by atoms with Crippen LogP contribution in [-0.4, -0.2) is 23.4 Å². The van der Waals surface area contributed by atoms with Crippen LogP contribution in [0.2, 0.25) is 0 Å². The molecule has 2 atom stereocenters. The largest absolute Gasteiger partial charge is 0.335 e. The van der Waals surface area contributed by atoms with Gasteiger partial charge in [-0.1, -0.05) is 42.8 Å². The van der Waals surface area contributed by atoms with E-state index in [9.17, 15) is 4.79 Å². The molecule has 1 aliphatic rings. The number of amides is 1. The van der Waals surface area contributed by atoms with Crippen LogP contribution in [0.4, 0.5) is 0 Å². The molecule has 21 heavy (non-hydrogen) atoms. The molecule has 0 spiro atoms. The lowest BCUT2D eigenvalue weighted by Crippen LogP contribution is -2.35. The van der Waals surface area contributed by atoms with Crippen molar-refractivity contribution < 1.29 is 4.79 Å². The topological polar surface area (TPSA) is 46.3 Å². The van der Waals surface area contributed by atoms with Crippen LogP contribution in [-0.2, 0) is 11.3 Å². The van der Waals surface area contributed by atoms with Gasteiger partial charge in [-0.05, 0) is 24.3 Å². The molecule has 1 aromatic carbocycles. The van der Waals surface area contributed by atoms with E-state index in [1.807, 2.05) is 35.2 Å². The number of rotatable bonds is 6. The van der Waals surface area contributed by atoms with Gasteiger partial charge in [-0.3, -0.25) is 4.79 Å². The van der Waals surface area contributed by atoms with E-state index in [-0.39, 0.29) is 24.4 Å². The highest BCUT2D eigenvalue weighted by atomic mass is 35.5. The fraction of sp³-hybridized carbons (Fsp3) is 0.471. The predicted molar refractivity (Wildman–Crippen MR) is 89.2 cm³/mol. The molecule has 0 radical (unpaired) electrons. The minimum Gasteiger partial charge on any atom is -0.335 e. The smallest absolute Gasteiger partial charge is 0.223 e. The lowest BCUT2D eigenvalue weighted by atomic mass is 9.99. The van der Waals surface area contributed by atoms with Gasteiger partial charge in [0.15, 0.2) is 0 Å². The Kier molecular flexibility index (Phi) is 7.48. The van der Waals surface area contributed by atoms with E-state index in [0.717, 1.165) is 24.8 Å². The second-order valence-corrected chi connectivity index (χ2v) is 5.61. The summed E-state index contributed by atoms with van der Waals surface area (Å²) in [5, 5.41) is 0. The number of carbonyl (C=O) groups is 1. The van der Waals surface area contributed by atoms with Crippen LogP contribution in [0.3, 0.4) is 0 Å². The monoisotopic (exact) mass is 308 g/mol. The molecule has 0 heterocycles. The number of nitrogens with zero attached hydrogens (tertiary/aromatic N) is 1. The van der Waals surface area contributed by atoms with E-state index in [1.54, 1.807) is 6.08 Å². The molecule has 1 fully saturated rings. The number of halogens is 1. The van der Waals surface area contributed by atoms with Crippen molar-refractivity contribution in [2.75, 3.05) is 6.54 Å². The van der Waals surface area contributed by atoms with Crippen LogP contribution >= 0.6 is 12.4 Å². The van der Waals surface area contributed by atoms with Gasteiger partial charge in [0.05, 0.1) is 0 Å². The SMILES string of the molecule is C=CCN(Cc1ccccc1)C(=O)C[C@@H]1CCC[C@H]1N.Cl. The van der Waals surface area contributed by atoms with E-state index < -0.39 is 0 Å². The van der Waals surface area contributed by atoms with Gasteiger partial charge in [-0.15, -0.1) is 19.0 Å². The molecular formula is C17H25ClN2O. The van der Waals surface area contributed by atoms with Crippen molar-refractivity contribution in [1.29, 1.82) is 0 Å². The van der Waals surface area contributed by atoms with Gasteiger partial charge in [-0.25, -0.2) is 0 Å². The van der Waals surface area contributed by atoms with Crippen molar-refractivity contribution in [3.05, 3.63) is 48.6 Å². The number of carbonyl (C=O) groups excluding carboxylic acids is 1. The van der Waals surface area contributed by atoms with Crippen LogP contribution in [0.15, 0.2) is 43.0 Å². The van der Waals surface area contributed by atoms with Crippen LogP contribution in [0.25, 0.3) is 0 Å². The van der Waals surface area contributed by atoms with Crippen molar-refractivity contribution in [1.82, 2.24) is 4.90 Å². The minimum atomic E-state index is 0. The van der Waals surface area contributed by atoms with Crippen molar-refractivity contribution in [2.45, 2.75) is 38.3 Å². The number of hydrogen-bond donors (Lipinski definition) is 1. The molecule has 2 rings (SSSR count). The van der Waals surface area contributed by atoms with Gasteiger partial charge in [0.1, 0.15) is 0 Å². The number of nitrogens with two attached hydrogens (primary N) is 1. The zero-order chi connectivity index (χ0) is 14.4. The molecule has 0 unspecified atom stereocenters. The van der Waals surface area contributed by atoms with E-state index in [4.69, 9.17) is 5.73 Å². The van der Waals surface area contributed by atoms with Crippen LogP contribution in [0, 0.1) is 5.92 Å². The summed E-state index contributed by atoms with van der Waals surface area (Å²) in [4.78, 5) is 14.3. The third kappa shape index (κ3) is 5.18. The first-order chi connectivity index (χ1) is 9.70. The maximum atomic E-state index is 12.5. The molecule has 4 heteroatoms. The Morgan fingerprint density at radius 1 is 1.33 bits per heavy atom. The zero-order valence-electron chi connectivity index (χ0n) is 12.4. The highest BCUT2D eigenvalue weighted by Crippen LogP contribution is 2.27. The summed E-state index contributed by atoms with van der Waals surface area (Å²) in [6.07, 6.45) is 5.65. The molecule has 1 amide bonds. The Morgan fingerprint density at radius 2 is 2.05 bits per heavy atom. The summed E-state index contributed by atoms with van der Waals surface area (Å²) >= 11 is 0. The van der Waals surface area contributed by atoms with E-state index in [1.165, 1.54) is 0 Å². The quantitative estimate of drug-likeness (QED) is 0.821. The molecule has 1 saturated carbocycles. The third-order valence-corrected chi connectivity index (χ3v) is 4.07. The molecule has 2 N–H and O–H groups in total. The van der Waals surface area contributed by atoms with E-state index in [2.05, 4.69) is 6.58 Å². The standard InChI is InChI=1S/C17H24N2O.ClH/c1-2-11-19(13-14-7-4-3-5-8-14)17(20)12-15-9-6-10-16(15)18;/h2-5,7-8,15-16H,1,6,9-13,18H2;1H/t15-,16+;/m0./s1. The molecule has 116 valence electrons. The van der Waals surface area contributed by atoms with Gasteiger partial charge in [-0.2, -0.15) is 0 Å². The van der Waals surface area contributed by atoms with Crippen molar-refractivity contribution >= 4 is 18.3 Å². The molecule has 0 saturated heterocycles. The molecule has 1 aliphatic carbocycles. The summed E-state index contributed by atoms with van der Waals surface area (Å²) in [5.74, 6) is 0.543. The summed E-state index contributed by atoms with van der Waals surface area (Å²) in [5.41, 5.74) is 7.21. The fourth-order valence-corrected chi connectivity index (χ4v) is 2.89. The van der Waals surface area contributed by atoms with Crippen molar-refractivity contribution in [3.63, 3.8) is 0 Å². The lowest BCUT2D eigenvalue weighted by molar-refractivity contribution is -0.132. The first-order valence-electron chi connectivity index (χ1n) is 7.39. The Morgan fingerprint density at radius 3 is 2.62 bits per heavy atom. The Bertz CT molecular complexity index is 449. The Balaban J connectivity index is 0.00000220. The van der Waals surface area contributed by atoms with E-state index >= 15 is 0 Å². The van der Waals surface area contributed by atoms with Gasteiger partial charge in [0.2, 0.25) is 5.91 Å². The molecule has 3 nitrogen and oxygen atoms in total. The average molecular weight is 309 g/mol. The van der Waals surface area contributed by atoms with E-state index in [0.29, 0.717) is 25.4 Å². The Labute approximate surface area is 133 Å². The van der Waals surface area contributed by atoms with Crippen LogP contribution in [0.1, 0.15) is 31.2 Å². The second kappa shape index (κ2) is 8.85. The Hall–Kier alpha value is -1.32. The van der Waals surface area contributed by atoms with Gasteiger partial charge in [0.25, 0.3) is 0 Å². The molecule has 1 aromatic rings. The first-order valence-corrected chi connectivity index (χ1v) is 7.39. The van der Waals surface area contributed by atoms with Crippen molar-refractivity contribution in [2.24, 2.45) is 11.7 Å².